The molecule has 0 amide bonds. The largest absolute Gasteiger partial charge is 0.256 e. The maximum absolute atomic E-state index is 11.8. The van der Waals surface area contributed by atoms with Crippen molar-refractivity contribution in [2.75, 3.05) is 0 Å². The molecule has 0 aromatic heterocycles. The van der Waals surface area contributed by atoms with Crippen LogP contribution in [0.15, 0.2) is 6.08 Å². The van der Waals surface area contributed by atoms with E-state index in [4.69, 9.17) is 0 Å². The number of halogens is 2. The van der Waals surface area contributed by atoms with E-state index in [9.17, 15) is 13.6 Å². The molecule has 3 heteroatoms. The van der Waals surface area contributed by atoms with Crippen LogP contribution in [0, 0.1) is 5.92 Å². The van der Waals surface area contributed by atoms with Gasteiger partial charge in [0.25, 0.3) is 5.92 Å². The quantitative estimate of drug-likeness (QED) is 0.470. The summed E-state index contributed by atoms with van der Waals surface area (Å²) in [6.07, 6.45) is 0.697. The molecule has 0 bridgehead atoms. The predicted molar refractivity (Wildman–Crippen MR) is 23.3 cm³/mol. The zero-order valence-corrected chi connectivity index (χ0v) is 4.03. The third kappa shape index (κ3) is 0.771. The van der Waals surface area contributed by atoms with Crippen LogP contribution in [0.25, 0.3) is 0 Å². The Balaban J connectivity index is 2.48. The lowest BCUT2D eigenvalue weighted by atomic mass is 10.4. The second kappa shape index (κ2) is 1.39. The van der Waals surface area contributed by atoms with Crippen molar-refractivity contribution in [1.29, 1.82) is 0 Å². The molecule has 44 valence electrons. The van der Waals surface area contributed by atoms with Crippen molar-refractivity contribution in [2.45, 2.75) is 12.3 Å². The predicted octanol–water partition coefficient (Wildman–Crippen LogP) is 1.03. The van der Waals surface area contributed by atoms with E-state index in [0.29, 0.717) is 0 Å². The Bertz CT molecular complexity index is 147. The highest BCUT2D eigenvalue weighted by Gasteiger charge is 2.55. The lowest BCUT2D eigenvalue weighted by Gasteiger charge is -1.82. The molecule has 0 saturated heterocycles. The molecular weight excluding hydrogens is 114 g/mol. The van der Waals surface area contributed by atoms with Gasteiger partial charge in [-0.3, -0.25) is 0 Å². The smallest absolute Gasteiger partial charge is 0.234 e. The number of carbonyl (C=O) groups excluding carboxylic acids is 1. The summed E-state index contributed by atoms with van der Waals surface area (Å²) >= 11 is 0. The molecule has 1 atom stereocenters. The van der Waals surface area contributed by atoms with Gasteiger partial charge in [-0.2, -0.15) is 0 Å². The van der Waals surface area contributed by atoms with Crippen molar-refractivity contribution in [3.05, 3.63) is 6.08 Å². The van der Waals surface area contributed by atoms with Crippen LogP contribution in [0.4, 0.5) is 8.78 Å². The van der Waals surface area contributed by atoms with E-state index < -0.39 is 11.8 Å². The molecule has 0 radical (unpaired) electrons. The molecule has 0 N–H and O–H groups in total. The van der Waals surface area contributed by atoms with E-state index in [1.54, 1.807) is 0 Å². The highest BCUT2D eigenvalue weighted by molar-refractivity contribution is 5.47. The van der Waals surface area contributed by atoms with Gasteiger partial charge in [-0.15, -0.1) is 0 Å². The maximum atomic E-state index is 11.8. The average Bonchev–Trinajstić information content (AvgIpc) is 2.15. The van der Waals surface area contributed by atoms with Crippen LogP contribution < -0.4 is 0 Å². The summed E-state index contributed by atoms with van der Waals surface area (Å²) in [6, 6.07) is 0. The summed E-state index contributed by atoms with van der Waals surface area (Å²) in [7, 11) is 0. The lowest BCUT2D eigenvalue weighted by Crippen LogP contribution is -1.89. The van der Waals surface area contributed by atoms with Crippen molar-refractivity contribution in [2.24, 2.45) is 5.92 Å². The molecule has 1 aliphatic carbocycles. The Morgan fingerprint density at radius 1 is 1.75 bits per heavy atom. The van der Waals surface area contributed by atoms with Gasteiger partial charge in [0.1, 0.15) is 5.94 Å². The summed E-state index contributed by atoms with van der Waals surface area (Å²) in [5, 5.41) is 0. The molecule has 8 heavy (non-hydrogen) atoms. The molecular formula is C5H4F2O. The summed E-state index contributed by atoms with van der Waals surface area (Å²) in [4.78, 5) is 9.43. The second-order valence-electron chi connectivity index (χ2n) is 1.86. The fourth-order valence-electron chi connectivity index (χ4n) is 0.497. The Kier molecular flexibility index (Phi) is 0.947. The molecule has 1 unspecified atom stereocenters. The normalized spacial score (nSPS) is 31.0. The minimum Gasteiger partial charge on any atom is -0.234 e. The fraction of sp³-hybridized carbons (Fsp3) is 0.600. The topological polar surface area (TPSA) is 17.1 Å². The van der Waals surface area contributed by atoms with Crippen LogP contribution in [0.1, 0.15) is 6.42 Å². The van der Waals surface area contributed by atoms with Crippen LogP contribution in [0.3, 0.4) is 0 Å². The Hall–Kier alpha value is -0.690. The first-order chi connectivity index (χ1) is 3.67. The van der Waals surface area contributed by atoms with E-state index in [1.165, 1.54) is 5.94 Å². The van der Waals surface area contributed by atoms with Crippen molar-refractivity contribution in [3.63, 3.8) is 0 Å². The monoisotopic (exact) mass is 118 g/mol. The fourth-order valence-corrected chi connectivity index (χ4v) is 0.497. The van der Waals surface area contributed by atoms with E-state index in [0.717, 1.165) is 6.08 Å². The second-order valence-corrected chi connectivity index (χ2v) is 1.86. The summed E-state index contributed by atoms with van der Waals surface area (Å²) in [6.45, 7) is 0. The Morgan fingerprint density at radius 2 is 2.25 bits per heavy atom. The van der Waals surface area contributed by atoms with Crippen molar-refractivity contribution < 1.29 is 13.6 Å². The third-order valence-electron chi connectivity index (χ3n) is 1.14. The number of allylic oxidation sites excluding steroid dienone is 1. The number of rotatable bonds is 1. The SMILES string of the molecule is O=C=CC1CC1(F)F. The van der Waals surface area contributed by atoms with E-state index in [1.807, 2.05) is 0 Å². The molecule has 0 aromatic carbocycles. The third-order valence-corrected chi connectivity index (χ3v) is 1.14. The minimum atomic E-state index is -2.60. The molecule has 1 rings (SSSR count). The molecule has 1 nitrogen and oxygen atoms in total. The van der Waals surface area contributed by atoms with Gasteiger partial charge in [-0.1, -0.05) is 0 Å². The number of hydrogen-bond acceptors (Lipinski definition) is 1. The summed E-state index contributed by atoms with van der Waals surface area (Å²) in [5.41, 5.74) is 0. The van der Waals surface area contributed by atoms with E-state index in [2.05, 4.69) is 0 Å². The molecule has 0 heterocycles. The van der Waals surface area contributed by atoms with E-state index >= 15 is 0 Å². The van der Waals surface area contributed by atoms with Crippen molar-refractivity contribution >= 4 is 5.94 Å². The zero-order valence-electron chi connectivity index (χ0n) is 4.03. The van der Waals surface area contributed by atoms with Crippen molar-refractivity contribution in [1.82, 2.24) is 0 Å². The summed E-state index contributed by atoms with van der Waals surface area (Å²) in [5.74, 6) is -2.09. The van der Waals surface area contributed by atoms with Gasteiger partial charge in [0, 0.05) is 12.5 Å². The first-order valence-electron chi connectivity index (χ1n) is 2.25. The first-order valence-corrected chi connectivity index (χ1v) is 2.25. The van der Waals surface area contributed by atoms with Crippen LogP contribution >= 0.6 is 0 Å². The first kappa shape index (κ1) is 5.45. The van der Waals surface area contributed by atoms with Crippen LogP contribution in [-0.4, -0.2) is 11.9 Å². The zero-order chi connectivity index (χ0) is 6.20. The highest BCUT2D eigenvalue weighted by Crippen LogP contribution is 2.48. The molecule has 1 aliphatic rings. The molecule has 0 aliphatic heterocycles. The van der Waals surface area contributed by atoms with Gasteiger partial charge in [-0.25, -0.2) is 13.6 Å². The molecule has 0 aromatic rings. The van der Waals surface area contributed by atoms with Crippen LogP contribution in [-0.2, 0) is 4.79 Å². The van der Waals surface area contributed by atoms with Gasteiger partial charge in [0.2, 0.25) is 0 Å². The molecule has 0 spiro atoms. The van der Waals surface area contributed by atoms with Crippen LogP contribution in [0.5, 0.6) is 0 Å². The van der Waals surface area contributed by atoms with Gasteiger partial charge < -0.3 is 0 Å². The van der Waals surface area contributed by atoms with Gasteiger partial charge in [-0.05, 0) is 0 Å². The number of hydrogen-bond donors (Lipinski definition) is 0. The van der Waals surface area contributed by atoms with Crippen LogP contribution in [0.2, 0.25) is 0 Å². The van der Waals surface area contributed by atoms with Crippen molar-refractivity contribution in [3.8, 4) is 0 Å². The molecule has 1 fully saturated rings. The average molecular weight is 118 g/mol. The lowest BCUT2D eigenvalue weighted by molar-refractivity contribution is 0.107. The van der Waals surface area contributed by atoms with Gasteiger partial charge >= 0.3 is 0 Å². The standard InChI is InChI=1S/C5H4F2O/c6-5(7)3-4(5)1-2-8/h1,4H,3H2. The van der Waals surface area contributed by atoms with Gasteiger partial charge in [0.15, 0.2) is 0 Å². The minimum absolute atomic E-state index is 0.178. The van der Waals surface area contributed by atoms with E-state index in [-0.39, 0.29) is 6.42 Å². The van der Waals surface area contributed by atoms with Gasteiger partial charge in [0.05, 0.1) is 5.92 Å². The summed E-state index contributed by atoms with van der Waals surface area (Å²) < 4.78 is 23.5. The number of alkyl halides is 2. The Morgan fingerprint density at radius 3 is 2.38 bits per heavy atom. The maximum Gasteiger partial charge on any atom is 0.256 e. The molecule has 1 saturated carbocycles. The highest BCUT2D eigenvalue weighted by atomic mass is 19.3. The Labute approximate surface area is 45.0 Å².